The predicted octanol–water partition coefficient (Wildman–Crippen LogP) is 23.8. The fourth-order valence-corrected chi connectivity index (χ4v) is 14.1. The maximum absolute atomic E-state index is 13.2. The number of nitrogens with zero attached hydrogens (tertiary/aromatic N) is 17. The molecule has 17 nitrogen and oxygen atoms in total. The molecule has 11 aromatic heterocycles. The van der Waals surface area contributed by atoms with Gasteiger partial charge < -0.3 is 20.4 Å². The number of rotatable bonds is 15. The zero-order valence-corrected chi connectivity index (χ0v) is 80.0. The second-order valence-corrected chi connectivity index (χ2v) is 31.7. The van der Waals surface area contributed by atoms with E-state index in [1.54, 1.807) is 43.5 Å². The number of halogens is 12. The maximum Gasteiger partial charge on any atom is 3.00 e. The van der Waals surface area contributed by atoms with Crippen molar-refractivity contribution >= 4 is 21.8 Å². The predicted molar refractivity (Wildman–Crippen MR) is 476 cm³/mol. The van der Waals surface area contributed by atoms with Gasteiger partial charge in [-0.05, 0) is 95.2 Å². The van der Waals surface area contributed by atoms with Crippen molar-refractivity contribution in [3.05, 3.63) is 439 Å². The summed E-state index contributed by atoms with van der Waals surface area (Å²) in [6.07, 6.45) is -6.14. The van der Waals surface area contributed by atoms with E-state index < -0.39 is 70.0 Å². The van der Waals surface area contributed by atoms with Crippen LogP contribution in [0, 0.1) is 42.5 Å². The summed E-state index contributed by atoms with van der Waals surface area (Å²) < 4.78 is 164. The molecule has 0 fully saturated rings. The molecule has 32 heteroatoms. The summed E-state index contributed by atoms with van der Waals surface area (Å²) in [6.45, 7) is 17.6. The maximum atomic E-state index is 13.2. The average Bonchev–Trinajstić information content (AvgIpc) is 1.60. The number of aromatic nitrogens is 17. The van der Waals surface area contributed by atoms with Crippen molar-refractivity contribution in [2.24, 2.45) is 0 Å². The minimum atomic E-state index is -5.65. The van der Waals surface area contributed by atoms with Gasteiger partial charge in [0.15, 0.2) is 0 Å². The molecule has 0 saturated carbocycles. The normalized spacial score (nSPS) is 11.7. The molecular weight excluding hydrogens is 2280 g/mol. The van der Waals surface area contributed by atoms with Crippen molar-refractivity contribution in [2.45, 2.75) is 102 Å². The van der Waals surface area contributed by atoms with Crippen LogP contribution in [-0.2, 0) is 107 Å². The van der Waals surface area contributed by atoms with E-state index in [9.17, 15) is 52.7 Å². The number of hydrogen-bond donors (Lipinski definition) is 0. The zero-order valence-electron chi connectivity index (χ0n) is 72.8. The Morgan fingerprint density at radius 2 is 0.593 bits per heavy atom. The van der Waals surface area contributed by atoms with Gasteiger partial charge in [0.05, 0.1) is 33.5 Å². The summed E-state index contributed by atoms with van der Waals surface area (Å²) >= 11 is 0. The van der Waals surface area contributed by atoms with Gasteiger partial charge >= 0.3 is 85.0 Å². The summed E-state index contributed by atoms with van der Waals surface area (Å²) in [5, 5.41) is 29.3. The van der Waals surface area contributed by atoms with Crippen LogP contribution in [0.5, 0.6) is 0 Å². The summed E-state index contributed by atoms with van der Waals surface area (Å²) in [5.41, 5.74) is 0.897. The molecule has 11 heterocycles. The van der Waals surface area contributed by atoms with Gasteiger partial charge in [-0.2, -0.15) is 229 Å². The van der Waals surface area contributed by atoms with Crippen LogP contribution >= 0.6 is 0 Å². The molecule has 19 rings (SSSR count). The van der Waals surface area contributed by atoms with Crippen LogP contribution in [0.4, 0.5) is 52.7 Å². The minimum absolute atomic E-state index is 0. The fourth-order valence-electron chi connectivity index (χ4n) is 14.1. The third-order valence-electron chi connectivity index (χ3n) is 21.3. The average molecular weight is 2360 g/mol. The first-order chi connectivity index (χ1) is 63.0. The third kappa shape index (κ3) is 24.3. The SMILES string of the molecule is CC(C)(c1[c-]cccc1)c1cccc(C(C)(C)c2[c-]cccc2)n1.CC(C)(c1[c-]cccc1)c1cccc(C(C)(C)c2[c-]cccc2)n1.FC(F)(F)c1n[n-]c(-c2cccc(-c3[n-]nc(C(F)(F)F)c3C(F)(F)F)n2)c1C(F)(F)F.[Ir+3].[Ir+3].[Ir+3].[c-]1c(-n2cccn2)cccc1-n1cccn1.[c-]1c(-n2cccn2)cccc1-n1cccn1.[c-]1ccccc1-c1ccc2ccc3cccnc3c2n1. The second kappa shape index (κ2) is 43.6. The molecule has 0 bridgehead atoms. The van der Waals surface area contributed by atoms with E-state index in [2.05, 4.69) is 258 Å². The Hall–Kier alpha value is -13.6. The van der Waals surface area contributed by atoms with Crippen LogP contribution in [0.2, 0.25) is 0 Å². The topological polar surface area (TPSA) is 190 Å². The minimum Gasteiger partial charge on any atom is -0.573 e. The van der Waals surface area contributed by atoms with Crippen molar-refractivity contribution in [3.8, 4) is 56.8 Å². The van der Waals surface area contributed by atoms with E-state index in [0.29, 0.717) is 12.1 Å². The summed E-state index contributed by atoms with van der Waals surface area (Å²) in [6, 6.07) is 110. The molecular formula is C103H78F12Ir3N17. The first-order valence-corrected chi connectivity index (χ1v) is 40.9. The third-order valence-corrected chi connectivity index (χ3v) is 21.3. The van der Waals surface area contributed by atoms with Crippen molar-refractivity contribution < 1.29 is 113 Å². The zero-order chi connectivity index (χ0) is 93.6. The van der Waals surface area contributed by atoms with E-state index in [1.165, 1.54) is 0 Å². The van der Waals surface area contributed by atoms with E-state index in [4.69, 9.17) is 15.0 Å². The Balaban J connectivity index is 0.000000157. The molecule has 686 valence electrons. The van der Waals surface area contributed by atoms with Crippen molar-refractivity contribution in [3.63, 3.8) is 0 Å². The van der Waals surface area contributed by atoms with Gasteiger partial charge in [-0.15, -0.1) is 72.3 Å². The van der Waals surface area contributed by atoms with Crippen LogP contribution in [0.1, 0.15) is 123 Å². The monoisotopic (exact) mass is 2360 g/mol. The summed E-state index contributed by atoms with van der Waals surface area (Å²) in [7, 11) is 0. The van der Waals surface area contributed by atoms with Crippen LogP contribution < -0.4 is 10.2 Å². The van der Waals surface area contributed by atoms with E-state index in [-0.39, 0.29) is 82.0 Å². The van der Waals surface area contributed by atoms with Gasteiger partial charge in [0.2, 0.25) is 0 Å². The van der Waals surface area contributed by atoms with Gasteiger partial charge in [-0.25, -0.2) is 0 Å². The molecule has 0 aliphatic carbocycles. The van der Waals surface area contributed by atoms with Gasteiger partial charge in [-0.1, -0.05) is 115 Å². The van der Waals surface area contributed by atoms with Crippen molar-refractivity contribution in [1.29, 1.82) is 0 Å². The van der Waals surface area contributed by atoms with Crippen molar-refractivity contribution in [1.82, 2.24) is 84.4 Å². The van der Waals surface area contributed by atoms with Crippen LogP contribution in [0.3, 0.4) is 0 Å². The number of fused-ring (bicyclic) bond motifs is 3. The quantitative estimate of drug-likeness (QED) is 0.0536. The second-order valence-electron chi connectivity index (χ2n) is 31.7. The molecule has 135 heavy (non-hydrogen) atoms. The molecule has 0 amide bonds. The molecule has 0 radical (unpaired) electrons. The van der Waals surface area contributed by atoms with E-state index in [0.717, 1.165) is 107 Å². The van der Waals surface area contributed by atoms with Gasteiger partial charge in [0, 0.05) is 111 Å². The number of benzene rings is 8. The Bertz CT molecular complexity index is 6390. The van der Waals surface area contributed by atoms with Crippen LogP contribution in [0.15, 0.2) is 329 Å². The Kier molecular flexibility index (Phi) is 32.9. The van der Waals surface area contributed by atoms with E-state index in [1.807, 2.05) is 177 Å². The first kappa shape index (κ1) is 102. The molecule has 19 aromatic rings. The molecule has 0 aliphatic heterocycles. The number of hydrogen-bond acceptors (Lipinski definition) is 11. The molecule has 0 unspecified atom stereocenters. The Morgan fingerprint density at radius 1 is 0.274 bits per heavy atom. The largest absolute Gasteiger partial charge is 3.00 e. The Morgan fingerprint density at radius 3 is 0.896 bits per heavy atom. The summed E-state index contributed by atoms with van der Waals surface area (Å²) in [4.78, 5) is 22.6. The van der Waals surface area contributed by atoms with Crippen molar-refractivity contribution in [2.75, 3.05) is 0 Å². The smallest absolute Gasteiger partial charge is 0.573 e. The summed E-state index contributed by atoms with van der Waals surface area (Å²) in [5.74, 6) is 0. The van der Waals surface area contributed by atoms with Crippen LogP contribution in [-0.4, -0.2) is 74.2 Å². The van der Waals surface area contributed by atoms with Gasteiger partial charge in [0.1, 0.15) is 11.4 Å². The van der Waals surface area contributed by atoms with Crippen LogP contribution in [0.25, 0.3) is 78.6 Å². The van der Waals surface area contributed by atoms with Gasteiger partial charge in [-0.3, -0.25) is 43.6 Å². The molecule has 8 aromatic carbocycles. The molecule has 0 aliphatic rings. The number of alkyl halides is 12. The number of pyridine rings is 5. The fraction of sp³-hybridized carbons (Fsp3) is 0.155. The Labute approximate surface area is 810 Å². The molecule has 0 N–H and O–H groups in total. The van der Waals surface area contributed by atoms with E-state index >= 15 is 0 Å². The molecule has 0 saturated heterocycles. The van der Waals surface area contributed by atoms with Gasteiger partial charge in [0.25, 0.3) is 0 Å². The molecule has 0 atom stereocenters. The molecule has 0 spiro atoms. The first-order valence-electron chi connectivity index (χ1n) is 40.9. The standard InChI is InChI=1S/2C23H23N.C18H11N2.C15H3F12N5.2C12H9N4.3Ir/c2*1-22(2,18-12-7-5-8-13-18)20-16-11-17-21(24-20)23(3,4)19-14-9-6-10-15-19;1-2-5-13(6-3-1)16-11-10-15-9-8-14-7-4-12-19-17(14)18(15)20-16;16-12(17,18)6-8(29-31-10(6)14(22,23)24)4-2-1-3-5(28-4)9-7(13(19,20)21)11(32-30-9)15(25,26)27;2*1-4-11(15-8-2-6-13-15)10-12(5-1)16-9-3-7-14-16;;;/h2*5-12,14,16-17H,1-4H3;1-5,7-12H;1-3H;2*1-9H;;;/q2*-2;-1;-2;2*-1;3*+3.